The molecule has 15 heavy (non-hydrogen) atoms. The number of hydrogen-bond donors (Lipinski definition) is 2. The zero-order valence-electron chi connectivity index (χ0n) is 8.37. The number of aromatic nitrogens is 1. The van der Waals surface area contributed by atoms with Gasteiger partial charge in [-0.1, -0.05) is 11.6 Å². The molecule has 0 aliphatic heterocycles. The summed E-state index contributed by atoms with van der Waals surface area (Å²) in [6, 6.07) is 3.44. The van der Waals surface area contributed by atoms with Crippen molar-refractivity contribution in [2.24, 2.45) is 5.73 Å². The summed E-state index contributed by atoms with van der Waals surface area (Å²) in [7, 11) is 0. The summed E-state index contributed by atoms with van der Waals surface area (Å²) in [5.41, 5.74) is 5.88. The Morgan fingerprint density at radius 3 is 3.00 bits per heavy atom. The average molecular weight is 228 g/mol. The van der Waals surface area contributed by atoms with E-state index in [1.807, 2.05) is 0 Å². The number of nitrogens with one attached hydrogen (secondary N) is 1. The van der Waals surface area contributed by atoms with Crippen molar-refractivity contribution in [3.63, 3.8) is 0 Å². The lowest BCUT2D eigenvalue weighted by Gasteiger charge is -2.05. The topological polar surface area (TPSA) is 68.0 Å². The van der Waals surface area contributed by atoms with E-state index < -0.39 is 0 Å². The third-order valence-electron chi connectivity index (χ3n) is 1.89. The monoisotopic (exact) mass is 227 g/mol. The van der Waals surface area contributed by atoms with Gasteiger partial charge in [-0.05, 0) is 31.5 Å². The largest absolute Gasteiger partial charge is 0.330 e. The summed E-state index contributed by atoms with van der Waals surface area (Å²) in [4.78, 5) is 15.3. The smallest absolute Gasteiger partial charge is 0.224 e. The van der Waals surface area contributed by atoms with E-state index in [4.69, 9.17) is 17.3 Å². The lowest BCUT2D eigenvalue weighted by molar-refractivity contribution is -0.116. The summed E-state index contributed by atoms with van der Waals surface area (Å²) in [6.45, 7) is 0.612. The number of nitrogens with zero attached hydrogens (tertiary/aromatic N) is 1. The lowest BCUT2D eigenvalue weighted by atomic mass is 10.2. The van der Waals surface area contributed by atoms with E-state index in [9.17, 15) is 4.79 Å². The first-order valence-electron chi connectivity index (χ1n) is 4.84. The Kier molecular flexibility index (Phi) is 5.07. The first-order valence-corrected chi connectivity index (χ1v) is 5.22. The summed E-state index contributed by atoms with van der Waals surface area (Å²) >= 11 is 5.78. The molecular weight excluding hydrogens is 214 g/mol. The van der Waals surface area contributed by atoms with Gasteiger partial charge in [-0.15, -0.1) is 0 Å². The molecule has 1 aromatic heterocycles. The van der Waals surface area contributed by atoms with Crippen molar-refractivity contribution in [2.45, 2.75) is 19.3 Å². The normalized spacial score (nSPS) is 10.0. The number of hydrogen-bond acceptors (Lipinski definition) is 3. The molecule has 0 spiro atoms. The molecule has 0 bridgehead atoms. The van der Waals surface area contributed by atoms with Crippen LogP contribution in [0.15, 0.2) is 18.3 Å². The van der Waals surface area contributed by atoms with E-state index in [0.717, 1.165) is 12.8 Å². The molecule has 82 valence electrons. The van der Waals surface area contributed by atoms with Gasteiger partial charge in [0.05, 0.1) is 5.69 Å². The molecule has 0 unspecified atom stereocenters. The van der Waals surface area contributed by atoms with Gasteiger partial charge in [0, 0.05) is 12.6 Å². The highest BCUT2D eigenvalue weighted by molar-refractivity contribution is 6.32. The predicted octanol–water partition coefficient (Wildman–Crippen LogP) is 1.80. The highest BCUT2D eigenvalue weighted by atomic mass is 35.5. The zero-order valence-corrected chi connectivity index (χ0v) is 9.13. The fourth-order valence-corrected chi connectivity index (χ4v) is 1.29. The fourth-order valence-electron chi connectivity index (χ4n) is 1.12. The summed E-state index contributed by atoms with van der Waals surface area (Å²) < 4.78 is 0. The van der Waals surface area contributed by atoms with E-state index >= 15 is 0 Å². The minimum Gasteiger partial charge on any atom is -0.330 e. The van der Waals surface area contributed by atoms with E-state index in [1.54, 1.807) is 18.3 Å². The molecule has 0 radical (unpaired) electrons. The maximum Gasteiger partial charge on any atom is 0.224 e. The van der Waals surface area contributed by atoms with Gasteiger partial charge in [-0.2, -0.15) is 0 Å². The number of anilines is 1. The minimum absolute atomic E-state index is 0.0571. The molecule has 1 heterocycles. The Morgan fingerprint density at radius 2 is 2.33 bits per heavy atom. The number of unbranched alkanes of at least 4 members (excludes halogenated alkanes) is 1. The van der Waals surface area contributed by atoms with Gasteiger partial charge in [-0.25, -0.2) is 4.98 Å². The number of carbonyl (C=O) groups is 1. The molecule has 0 saturated heterocycles. The van der Waals surface area contributed by atoms with Gasteiger partial charge >= 0.3 is 0 Å². The molecule has 0 aliphatic carbocycles. The van der Waals surface area contributed by atoms with Crippen LogP contribution in [-0.2, 0) is 4.79 Å². The average Bonchev–Trinajstić information content (AvgIpc) is 2.22. The molecule has 1 amide bonds. The Labute approximate surface area is 93.8 Å². The third-order valence-corrected chi connectivity index (χ3v) is 2.19. The van der Waals surface area contributed by atoms with E-state index in [-0.39, 0.29) is 5.91 Å². The Balaban J connectivity index is 2.41. The van der Waals surface area contributed by atoms with Crippen molar-refractivity contribution in [3.05, 3.63) is 23.5 Å². The maximum atomic E-state index is 11.4. The van der Waals surface area contributed by atoms with Crippen LogP contribution in [-0.4, -0.2) is 17.4 Å². The highest BCUT2D eigenvalue weighted by Crippen LogP contribution is 2.17. The zero-order chi connectivity index (χ0) is 11.1. The van der Waals surface area contributed by atoms with Crippen LogP contribution in [0.1, 0.15) is 19.3 Å². The van der Waals surface area contributed by atoms with Crippen molar-refractivity contribution in [3.8, 4) is 0 Å². The summed E-state index contributed by atoms with van der Waals surface area (Å²) in [6.07, 6.45) is 3.68. The number of nitrogens with two attached hydrogens (primary N) is 1. The SMILES string of the molecule is NCCCCC(=O)Nc1cccnc1Cl. The summed E-state index contributed by atoms with van der Waals surface area (Å²) in [5.74, 6) is -0.0571. The molecule has 1 aromatic rings. The van der Waals surface area contributed by atoms with E-state index in [2.05, 4.69) is 10.3 Å². The minimum atomic E-state index is -0.0571. The second-order valence-corrected chi connectivity index (χ2v) is 3.49. The van der Waals surface area contributed by atoms with Crippen molar-refractivity contribution in [1.29, 1.82) is 0 Å². The van der Waals surface area contributed by atoms with Gasteiger partial charge < -0.3 is 11.1 Å². The van der Waals surface area contributed by atoms with Crippen molar-refractivity contribution in [2.75, 3.05) is 11.9 Å². The molecule has 4 nitrogen and oxygen atoms in total. The molecule has 0 aromatic carbocycles. The van der Waals surface area contributed by atoms with Gasteiger partial charge in [0.25, 0.3) is 0 Å². The van der Waals surface area contributed by atoms with Crippen LogP contribution in [0.5, 0.6) is 0 Å². The number of rotatable bonds is 5. The van der Waals surface area contributed by atoms with Crippen LogP contribution in [0.2, 0.25) is 5.15 Å². The Bertz CT molecular complexity index is 330. The number of carbonyl (C=O) groups excluding carboxylic acids is 1. The molecule has 0 aliphatic rings. The first-order chi connectivity index (χ1) is 7.24. The van der Waals surface area contributed by atoms with Gasteiger partial charge in [0.1, 0.15) is 0 Å². The van der Waals surface area contributed by atoms with Crippen molar-refractivity contribution < 1.29 is 4.79 Å². The number of amides is 1. The van der Waals surface area contributed by atoms with Crippen molar-refractivity contribution >= 4 is 23.2 Å². The second kappa shape index (κ2) is 6.37. The van der Waals surface area contributed by atoms with Gasteiger partial charge in [0.15, 0.2) is 5.15 Å². The lowest BCUT2D eigenvalue weighted by Crippen LogP contribution is -2.12. The second-order valence-electron chi connectivity index (χ2n) is 3.14. The van der Waals surface area contributed by atoms with Gasteiger partial charge in [0.2, 0.25) is 5.91 Å². The third kappa shape index (κ3) is 4.27. The van der Waals surface area contributed by atoms with Crippen LogP contribution in [0.3, 0.4) is 0 Å². The quantitative estimate of drug-likeness (QED) is 0.596. The van der Waals surface area contributed by atoms with Crippen LogP contribution < -0.4 is 11.1 Å². The summed E-state index contributed by atoms with van der Waals surface area (Å²) in [5, 5.41) is 3.00. The molecule has 3 N–H and O–H groups in total. The Morgan fingerprint density at radius 1 is 1.53 bits per heavy atom. The highest BCUT2D eigenvalue weighted by Gasteiger charge is 2.05. The number of pyridine rings is 1. The molecule has 0 fully saturated rings. The van der Waals surface area contributed by atoms with E-state index in [1.165, 1.54) is 0 Å². The van der Waals surface area contributed by atoms with Gasteiger partial charge in [-0.3, -0.25) is 4.79 Å². The van der Waals surface area contributed by atoms with Crippen molar-refractivity contribution in [1.82, 2.24) is 4.98 Å². The standard InChI is InChI=1S/C10H14ClN3O/c11-10-8(4-3-7-13-10)14-9(15)5-1-2-6-12/h3-4,7H,1-2,5-6,12H2,(H,14,15). The fraction of sp³-hybridized carbons (Fsp3) is 0.400. The van der Waals surface area contributed by atoms with Crippen LogP contribution >= 0.6 is 11.6 Å². The molecular formula is C10H14ClN3O. The van der Waals surface area contributed by atoms with Crippen LogP contribution in [0.4, 0.5) is 5.69 Å². The molecule has 1 rings (SSSR count). The predicted molar refractivity (Wildman–Crippen MR) is 60.8 cm³/mol. The van der Waals surface area contributed by atoms with Crippen LogP contribution in [0.25, 0.3) is 0 Å². The maximum absolute atomic E-state index is 11.4. The molecule has 5 heteroatoms. The molecule has 0 saturated carbocycles. The van der Waals surface area contributed by atoms with Crippen LogP contribution in [0, 0.1) is 0 Å². The molecule has 0 atom stereocenters. The first kappa shape index (κ1) is 11.9. The number of halogens is 1. The Hall–Kier alpha value is -1.13. The van der Waals surface area contributed by atoms with E-state index in [0.29, 0.717) is 23.8 Å².